The highest BCUT2D eigenvalue weighted by molar-refractivity contribution is 8.15. The first-order valence-corrected chi connectivity index (χ1v) is 8.52. The van der Waals surface area contributed by atoms with Crippen molar-refractivity contribution in [3.63, 3.8) is 0 Å². The number of rotatable bonds is 1. The molecule has 0 aliphatic carbocycles. The molecule has 2 aliphatic rings. The Morgan fingerprint density at radius 1 is 1.39 bits per heavy atom. The Morgan fingerprint density at radius 2 is 2.17 bits per heavy atom. The highest BCUT2D eigenvalue weighted by atomic mass is 32.2. The quantitative estimate of drug-likeness (QED) is 0.777. The summed E-state index contributed by atoms with van der Waals surface area (Å²) >= 11 is 1.49. The average molecular weight is 283 g/mol. The number of benzene rings is 1. The normalized spacial score (nSPS) is 29.6. The molecule has 1 aromatic rings. The van der Waals surface area contributed by atoms with Crippen molar-refractivity contribution in [2.45, 2.75) is 18.2 Å². The van der Waals surface area contributed by atoms with Gasteiger partial charge in [-0.25, -0.2) is 13.0 Å². The van der Waals surface area contributed by atoms with Crippen LogP contribution in [0.15, 0.2) is 24.3 Å². The Kier molecular flexibility index (Phi) is 2.67. The van der Waals surface area contributed by atoms with Crippen molar-refractivity contribution < 1.29 is 13.0 Å². The summed E-state index contributed by atoms with van der Waals surface area (Å²) in [6, 6.07) is 8.00. The molecular weight excluding hydrogens is 268 g/mol. The number of hydrogen-bond acceptors (Lipinski definition) is 4. The first kappa shape index (κ1) is 12.0. The molecule has 6 heteroatoms. The van der Waals surface area contributed by atoms with Gasteiger partial charge in [0.05, 0.1) is 16.8 Å². The van der Waals surface area contributed by atoms with Gasteiger partial charge in [-0.05, 0) is 36.4 Å². The molecule has 0 amide bonds. The lowest BCUT2D eigenvalue weighted by atomic mass is 10.2. The predicted octanol–water partition coefficient (Wildman–Crippen LogP) is 0.866. The van der Waals surface area contributed by atoms with E-state index < -0.39 is 9.84 Å². The van der Waals surface area contributed by atoms with E-state index in [1.807, 2.05) is 35.8 Å². The molecule has 0 radical (unpaired) electrons. The van der Waals surface area contributed by atoms with Crippen LogP contribution >= 0.6 is 11.8 Å². The van der Waals surface area contributed by atoms with E-state index in [0.717, 1.165) is 11.3 Å². The summed E-state index contributed by atoms with van der Waals surface area (Å²) in [6.07, 6.45) is 0. The van der Waals surface area contributed by atoms with E-state index in [1.165, 1.54) is 11.8 Å². The molecule has 96 valence electrons. The van der Waals surface area contributed by atoms with Crippen molar-refractivity contribution in [1.82, 2.24) is 0 Å². The van der Waals surface area contributed by atoms with Gasteiger partial charge in [-0.2, -0.15) is 0 Å². The average Bonchev–Trinajstić information content (AvgIpc) is 2.68. The molecule has 1 saturated heterocycles. The lowest BCUT2D eigenvalue weighted by molar-refractivity contribution is -0.470. The second-order valence-corrected chi connectivity index (χ2v) is 8.26. The standard InChI is InChI=1S/C12H14N2O2S2/c1-8-3-2-4-9(5-8)14-10-6-18(15,16)7-11(10)17-12(14)13/h2-5,10-11,13H,6-7H2,1H3/p+1. The van der Waals surface area contributed by atoms with Gasteiger partial charge < -0.3 is 0 Å². The third-order valence-electron chi connectivity index (χ3n) is 3.39. The number of thioether (sulfide) groups is 1. The minimum Gasteiger partial charge on any atom is -0.281 e. The third-order valence-corrected chi connectivity index (χ3v) is 6.54. The second kappa shape index (κ2) is 3.99. The number of sulfone groups is 1. The maximum Gasteiger partial charge on any atom is 0.310 e. The molecule has 0 aromatic heterocycles. The number of aryl methyl sites for hydroxylation is 1. The number of nitrogens with zero attached hydrogens (tertiary/aromatic N) is 1. The molecule has 2 N–H and O–H groups in total. The summed E-state index contributed by atoms with van der Waals surface area (Å²) in [4.78, 5) is 0. The van der Waals surface area contributed by atoms with Crippen molar-refractivity contribution in [2.75, 3.05) is 11.5 Å². The maximum absolute atomic E-state index is 11.7. The maximum atomic E-state index is 11.7. The fourth-order valence-corrected chi connectivity index (χ4v) is 6.44. The Bertz CT molecular complexity index is 637. The van der Waals surface area contributed by atoms with Gasteiger partial charge in [-0.15, -0.1) is 0 Å². The summed E-state index contributed by atoms with van der Waals surface area (Å²) in [7, 11) is -2.91. The molecule has 2 aliphatic heterocycles. The zero-order chi connectivity index (χ0) is 12.9. The number of hydrogen-bond donors (Lipinski definition) is 1. The summed E-state index contributed by atoms with van der Waals surface area (Å²) in [5.41, 5.74) is 8.19. The molecule has 18 heavy (non-hydrogen) atoms. The Balaban J connectivity index is 2.04. The third kappa shape index (κ3) is 1.93. The van der Waals surface area contributed by atoms with Crippen LogP contribution in [0.4, 0.5) is 5.69 Å². The van der Waals surface area contributed by atoms with E-state index in [2.05, 4.69) is 0 Å². The van der Waals surface area contributed by atoms with Crippen molar-refractivity contribution in [3.05, 3.63) is 29.8 Å². The first-order valence-electron chi connectivity index (χ1n) is 5.82. The first-order chi connectivity index (χ1) is 8.46. The van der Waals surface area contributed by atoms with Gasteiger partial charge in [0.25, 0.3) is 0 Å². The minimum atomic E-state index is -2.91. The van der Waals surface area contributed by atoms with Gasteiger partial charge in [0.1, 0.15) is 11.7 Å². The summed E-state index contributed by atoms with van der Waals surface area (Å²) in [6.45, 7) is 2.02. The highest BCUT2D eigenvalue weighted by Gasteiger charge is 2.49. The van der Waals surface area contributed by atoms with Crippen molar-refractivity contribution in [3.8, 4) is 0 Å². The zero-order valence-corrected chi connectivity index (χ0v) is 11.7. The van der Waals surface area contributed by atoms with Crippen LogP contribution in [-0.2, 0) is 9.84 Å². The molecule has 2 heterocycles. The predicted molar refractivity (Wildman–Crippen MR) is 74.1 cm³/mol. The highest BCUT2D eigenvalue weighted by Crippen LogP contribution is 2.36. The molecule has 2 unspecified atom stereocenters. The lowest BCUT2D eigenvalue weighted by Gasteiger charge is -2.10. The molecule has 0 bridgehead atoms. The van der Waals surface area contributed by atoms with E-state index in [9.17, 15) is 8.42 Å². The number of nitrogens with two attached hydrogens (primary N) is 1. The fraction of sp³-hybridized carbons (Fsp3) is 0.417. The van der Waals surface area contributed by atoms with Crippen molar-refractivity contribution in [2.24, 2.45) is 5.73 Å². The van der Waals surface area contributed by atoms with E-state index in [1.54, 1.807) is 0 Å². The van der Waals surface area contributed by atoms with Gasteiger partial charge in [0, 0.05) is 0 Å². The molecule has 2 atom stereocenters. The SMILES string of the molecule is Cc1cccc([N+]2=C(N)SC3CS(=O)(=O)CC32)c1. The molecule has 0 spiro atoms. The van der Waals surface area contributed by atoms with Crippen LogP contribution in [0.25, 0.3) is 0 Å². The Morgan fingerprint density at radius 3 is 2.89 bits per heavy atom. The Hall–Kier alpha value is -1.01. The van der Waals surface area contributed by atoms with Gasteiger partial charge in [-0.1, -0.05) is 12.1 Å². The molecular formula is C12H15N2O2S2+. The molecule has 1 fully saturated rings. The summed E-state index contributed by atoms with van der Waals surface area (Å²) in [5.74, 6) is 0.449. The van der Waals surface area contributed by atoms with Crippen LogP contribution in [0, 0.1) is 6.92 Å². The van der Waals surface area contributed by atoms with Gasteiger partial charge >= 0.3 is 5.17 Å². The van der Waals surface area contributed by atoms with Gasteiger partial charge in [-0.3, -0.25) is 5.73 Å². The van der Waals surface area contributed by atoms with Gasteiger partial charge in [0.2, 0.25) is 0 Å². The van der Waals surface area contributed by atoms with E-state index in [4.69, 9.17) is 5.73 Å². The van der Waals surface area contributed by atoms with Crippen LogP contribution in [0.3, 0.4) is 0 Å². The molecule has 0 saturated carbocycles. The largest absolute Gasteiger partial charge is 0.310 e. The molecule has 1 aromatic carbocycles. The van der Waals surface area contributed by atoms with Crippen molar-refractivity contribution in [1.29, 1.82) is 0 Å². The second-order valence-electron chi connectivity index (χ2n) is 4.85. The topological polar surface area (TPSA) is 63.2 Å². The van der Waals surface area contributed by atoms with E-state index >= 15 is 0 Å². The van der Waals surface area contributed by atoms with Crippen LogP contribution in [0.2, 0.25) is 0 Å². The zero-order valence-electron chi connectivity index (χ0n) is 10.0. The van der Waals surface area contributed by atoms with Gasteiger partial charge in [0.15, 0.2) is 9.84 Å². The summed E-state index contributed by atoms with van der Waals surface area (Å²) < 4.78 is 25.4. The monoisotopic (exact) mass is 283 g/mol. The minimum absolute atomic E-state index is 0.0122. The lowest BCUT2D eigenvalue weighted by Crippen LogP contribution is -2.29. The molecule has 4 nitrogen and oxygen atoms in total. The number of amidine groups is 1. The van der Waals surface area contributed by atoms with Crippen LogP contribution in [-0.4, -0.2) is 41.0 Å². The number of fused-ring (bicyclic) bond motifs is 1. The van der Waals surface area contributed by atoms with E-state index in [0.29, 0.717) is 5.17 Å². The summed E-state index contributed by atoms with van der Waals surface area (Å²) in [5, 5.41) is 0.793. The Labute approximate surface area is 111 Å². The smallest absolute Gasteiger partial charge is 0.281 e. The fourth-order valence-electron chi connectivity index (χ4n) is 2.62. The van der Waals surface area contributed by atoms with Crippen LogP contribution in [0.1, 0.15) is 5.56 Å². The van der Waals surface area contributed by atoms with Crippen LogP contribution in [0.5, 0.6) is 0 Å². The van der Waals surface area contributed by atoms with E-state index in [-0.39, 0.29) is 22.8 Å². The van der Waals surface area contributed by atoms with Crippen molar-refractivity contribution >= 4 is 32.5 Å². The molecule has 3 rings (SSSR count). The van der Waals surface area contributed by atoms with Crippen LogP contribution < -0.4 is 5.73 Å².